The molecular formula is C8H4N4. The van der Waals surface area contributed by atoms with Crippen LogP contribution >= 0.6 is 0 Å². The number of aliphatic imine (C=N–C) groups is 1. The van der Waals surface area contributed by atoms with Gasteiger partial charge in [0.2, 0.25) is 0 Å². The predicted molar refractivity (Wildman–Crippen MR) is 42.8 cm³/mol. The third-order valence-electron chi connectivity index (χ3n) is 1.87. The Morgan fingerprint density at radius 1 is 1.25 bits per heavy atom. The zero-order chi connectivity index (χ0) is 7.97. The second-order valence-electron chi connectivity index (χ2n) is 2.55. The number of fused-ring (bicyclic) bond motifs is 2. The fourth-order valence-corrected chi connectivity index (χ4v) is 1.33. The molecule has 0 saturated heterocycles. The average Bonchev–Trinajstić information content (AvgIpc) is 2.62. The number of nitrogens with zero attached hydrogens (tertiary/aromatic N) is 4. The minimum Gasteiger partial charge on any atom is -0.244 e. The van der Waals surface area contributed by atoms with Gasteiger partial charge in [-0.2, -0.15) is 0 Å². The lowest BCUT2D eigenvalue weighted by atomic mass is 10.2. The quantitative estimate of drug-likeness (QED) is 0.493. The van der Waals surface area contributed by atoms with E-state index in [1.54, 1.807) is 12.4 Å². The average molecular weight is 156 g/mol. The SMILES string of the molecule is C1=CC2=c3cncnc3=NC2=N1. The van der Waals surface area contributed by atoms with Gasteiger partial charge in [-0.25, -0.2) is 20.0 Å². The lowest BCUT2D eigenvalue weighted by Gasteiger charge is -1.83. The van der Waals surface area contributed by atoms with Gasteiger partial charge < -0.3 is 0 Å². The maximum Gasteiger partial charge on any atom is 0.165 e. The third-order valence-corrected chi connectivity index (χ3v) is 1.87. The number of hydrogen-bond acceptors (Lipinski definition) is 4. The lowest BCUT2D eigenvalue weighted by molar-refractivity contribution is 1.06. The number of amidine groups is 1. The van der Waals surface area contributed by atoms with E-state index in [1.807, 2.05) is 6.08 Å². The molecule has 1 aromatic heterocycles. The topological polar surface area (TPSA) is 50.5 Å². The van der Waals surface area contributed by atoms with Gasteiger partial charge in [-0.1, -0.05) is 0 Å². The fourth-order valence-electron chi connectivity index (χ4n) is 1.33. The van der Waals surface area contributed by atoms with Gasteiger partial charge in [0.25, 0.3) is 0 Å². The molecule has 0 spiro atoms. The first-order valence-corrected chi connectivity index (χ1v) is 3.59. The second-order valence-corrected chi connectivity index (χ2v) is 2.55. The first kappa shape index (κ1) is 5.77. The van der Waals surface area contributed by atoms with E-state index in [0.717, 1.165) is 22.1 Å². The molecule has 0 aromatic carbocycles. The largest absolute Gasteiger partial charge is 0.244 e. The Kier molecular flexibility index (Phi) is 0.889. The first-order valence-electron chi connectivity index (χ1n) is 3.59. The van der Waals surface area contributed by atoms with Crippen molar-refractivity contribution in [2.24, 2.45) is 9.98 Å². The van der Waals surface area contributed by atoms with E-state index >= 15 is 0 Å². The summed E-state index contributed by atoms with van der Waals surface area (Å²) < 4.78 is 0. The van der Waals surface area contributed by atoms with Crippen molar-refractivity contribution in [1.29, 1.82) is 0 Å². The zero-order valence-corrected chi connectivity index (χ0v) is 6.10. The van der Waals surface area contributed by atoms with Gasteiger partial charge in [0.15, 0.2) is 11.3 Å². The van der Waals surface area contributed by atoms with E-state index in [2.05, 4.69) is 20.0 Å². The summed E-state index contributed by atoms with van der Waals surface area (Å²) in [5.41, 5.74) is 1.76. The summed E-state index contributed by atoms with van der Waals surface area (Å²) in [6.07, 6.45) is 6.92. The zero-order valence-electron chi connectivity index (χ0n) is 6.10. The van der Waals surface area contributed by atoms with E-state index in [1.165, 1.54) is 6.33 Å². The van der Waals surface area contributed by atoms with Crippen LogP contribution in [0.5, 0.6) is 0 Å². The van der Waals surface area contributed by atoms with Crippen molar-refractivity contribution in [1.82, 2.24) is 9.97 Å². The van der Waals surface area contributed by atoms with Crippen molar-refractivity contribution < 1.29 is 0 Å². The summed E-state index contributed by atoms with van der Waals surface area (Å²) in [6.45, 7) is 0. The molecule has 0 radical (unpaired) electrons. The molecule has 0 atom stereocenters. The highest BCUT2D eigenvalue weighted by molar-refractivity contribution is 6.23. The Balaban J connectivity index is 2.59. The molecule has 3 rings (SSSR count). The van der Waals surface area contributed by atoms with Crippen molar-refractivity contribution in [3.8, 4) is 0 Å². The number of aromatic nitrogens is 2. The van der Waals surface area contributed by atoms with Crippen LogP contribution in [0.15, 0.2) is 34.8 Å². The lowest BCUT2D eigenvalue weighted by Crippen LogP contribution is -2.26. The van der Waals surface area contributed by atoms with Crippen LogP contribution in [0.25, 0.3) is 5.57 Å². The molecule has 4 heteroatoms. The first-order chi connectivity index (χ1) is 5.95. The molecule has 1 aromatic rings. The van der Waals surface area contributed by atoms with Gasteiger partial charge in [0.1, 0.15) is 6.33 Å². The molecule has 2 aliphatic heterocycles. The van der Waals surface area contributed by atoms with Crippen LogP contribution in [0.4, 0.5) is 0 Å². The van der Waals surface area contributed by atoms with Crippen molar-refractivity contribution in [2.45, 2.75) is 0 Å². The highest BCUT2D eigenvalue weighted by Crippen LogP contribution is 2.10. The summed E-state index contributed by atoms with van der Waals surface area (Å²) in [5, 5.41) is 0.977. The Bertz CT molecular complexity index is 524. The molecule has 4 nitrogen and oxygen atoms in total. The van der Waals surface area contributed by atoms with Gasteiger partial charge in [0, 0.05) is 23.2 Å². The van der Waals surface area contributed by atoms with Crippen LogP contribution in [0, 0.1) is 0 Å². The fraction of sp³-hybridized carbons (Fsp3) is 0. The maximum absolute atomic E-state index is 4.21. The molecule has 56 valence electrons. The van der Waals surface area contributed by atoms with Crippen LogP contribution < -0.4 is 10.7 Å². The standard InChI is InChI=1S/C8H4N4/c1-2-10-7-5(1)6-3-9-4-11-8(6)12-7/h1-4H. The van der Waals surface area contributed by atoms with Crippen molar-refractivity contribution in [2.75, 3.05) is 0 Å². The van der Waals surface area contributed by atoms with Gasteiger partial charge in [-0.15, -0.1) is 0 Å². The van der Waals surface area contributed by atoms with Gasteiger partial charge in [-0.05, 0) is 6.08 Å². The Hall–Kier alpha value is -1.84. The van der Waals surface area contributed by atoms with Crippen LogP contribution in [0.3, 0.4) is 0 Å². The normalized spacial score (nSPS) is 17.0. The van der Waals surface area contributed by atoms with E-state index in [9.17, 15) is 0 Å². The molecule has 0 amide bonds. The summed E-state index contributed by atoms with van der Waals surface area (Å²) >= 11 is 0. The molecule has 0 unspecified atom stereocenters. The summed E-state index contributed by atoms with van der Waals surface area (Å²) in [5.74, 6) is 0.755. The summed E-state index contributed by atoms with van der Waals surface area (Å²) in [7, 11) is 0. The molecule has 0 aliphatic carbocycles. The van der Waals surface area contributed by atoms with Gasteiger partial charge in [0.05, 0.1) is 0 Å². The number of hydrogen-bond donors (Lipinski definition) is 0. The predicted octanol–water partition coefficient (Wildman–Crippen LogP) is -0.814. The molecular weight excluding hydrogens is 152 g/mol. The van der Waals surface area contributed by atoms with Crippen LogP contribution in [0.1, 0.15) is 0 Å². The Morgan fingerprint density at radius 3 is 3.25 bits per heavy atom. The maximum atomic E-state index is 4.21. The van der Waals surface area contributed by atoms with Crippen LogP contribution in [-0.4, -0.2) is 15.8 Å². The van der Waals surface area contributed by atoms with Crippen LogP contribution in [0.2, 0.25) is 0 Å². The highest BCUT2D eigenvalue weighted by atomic mass is 15.0. The van der Waals surface area contributed by atoms with E-state index < -0.39 is 0 Å². The Labute approximate surface area is 67.7 Å². The van der Waals surface area contributed by atoms with Gasteiger partial charge >= 0.3 is 0 Å². The minimum atomic E-state index is 0.725. The summed E-state index contributed by atoms with van der Waals surface area (Å²) in [6, 6.07) is 0. The van der Waals surface area contributed by atoms with Crippen molar-refractivity contribution >= 4 is 11.4 Å². The van der Waals surface area contributed by atoms with E-state index in [-0.39, 0.29) is 0 Å². The Morgan fingerprint density at radius 2 is 2.25 bits per heavy atom. The smallest absolute Gasteiger partial charge is 0.165 e. The van der Waals surface area contributed by atoms with Crippen LogP contribution in [-0.2, 0) is 0 Å². The summed E-state index contributed by atoms with van der Waals surface area (Å²) in [4.78, 5) is 16.3. The molecule has 0 fully saturated rings. The minimum absolute atomic E-state index is 0.725. The molecule has 0 N–H and O–H groups in total. The second kappa shape index (κ2) is 1.85. The highest BCUT2D eigenvalue weighted by Gasteiger charge is 2.14. The number of rotatable bonds is 0. The molecule has 0 bridgehead atoms. The third kappa shape index (κ3) is 0.567. The van der Waals surface area contributed by atoms with E-state index in [0.29, 0.717) is 0 Å². The van der Waals surface area contributed by atoms with Crippen molar-refractivity contribution in [3.63, 3.8) is 0 Å². The van der Waals surface area contributed by atoms with Crippen molar-refractivity contribution in [3.05, 3.63) is 35.5 Å². The molecule has 0 saturated carbocycles. The molecule has 2 aliphatic rings. The van der Waals surface area contributed by atoms with Gasteiger partial charge in [-0.3, -0.25) is 0 Å². The molecule has 12 heavy (non-hydrogen) atoms. The van der Waals surface area contributed by atoms with E-state index in [4.69, 9.17) is 0 Å². The monoisotopic (exact) mass is 156 g/mol. The molecule has 3 heterocycles.